The average Bonchev–Trinajstić information content (AvgIpc) is 2.69. The van der Waals surface area contributed by atoms with Gasteiger partial charge in [0.2, 0.25) is 5.91 Å². The van der Waals surface area contributed by atoms with E-state index in [-0.39, 0.29) is 12.5 Å². The monoisotopic (exact) mass is 235 g/mol. The van der Waals surface area contributed by atoms with Gasteiger partial charge in [0, 0.05) is 23.7 Å². The van der Waals surface area contributed by atoms with Crippen molar-refractivity contribution in [3.05, 3.63) is 35.2 Å². The molecule has 0 bridgehead atoms. The van der Waals surface area contributed by atoms with Crippen molar-refractivity contribution < 1.29 is 9.90 Å². The zero-order valence-electron chi connectivity index (χ0n) is 8.93. The average molecular weight is 235 g/mol. The van der Waals surface area contributed by atoms with Crippen molar-refractivity contribution in [2.75, 3.05) is 6.54 Å². The zero-order valence-corrected chi connectivity index (χ0v) is 9.75. The number of hydrogen-bond donors (Lipinski definition) is 2. The molecule has 0 saturated carbocycles. The molecule has 0 aliphatic rings. The molecule has 0 spiro atoms. The van der Waals surface area contributed by atoms with Gasteiger partial charge in [0.25, 0.3) is 0 Å². The van der Waals surface area contributed by atoms with Gasteiger partial charge in [-0.15, -0.1) is 11.3 Å². The molecule has 4 heteroatoms. The van der Waals surface area contributed by atoms with Crippen molar-refractivity contribution >= 4 is 27.3 Å². The second kappa shape index (κ2) is 4.63. The number of carbonyl (C=O) groups is 1. The number of aliphatic hydroxyl groups excluding tert-OH is 1. The highest BCUT2D eigenvalue weighted by Gasteiger charge is 2.12. The second-order valence-corrected chi connectivity index (χ2v) is 4.55. The predicted molar refractivity (Wildman–Crippen MR) is 65.5 cm³/mol. The molecule has 84 valence electrons. The van der Waals surface area contributed by atoms with Gasteiger partial charge in [-0.05, 0) is 16.8 Å². The molecule has 2 aromatic rings. The molecule has 1 aromatic carbocycles. The number of hydrogen-bond acceptors (Lipinski definition) is 3. The van der Waals surface area contributed by atoms with E-state index in [4.69, 9.17) is 0 Å². The lowest BCUT2D eigenvalue weighted by atomic mass is 10.1. The number of thiophene rings is 1. The van der Waals surface area contributed by atoms with E-state index in [1.807, 2.05) is 29.6 Å². The normalized spacial score (nSPS) is 12.6. The summed E-state index contributed by atoms with van der Waals surface area (Å²) >= 11 is 1.60. The van der Waals surface area contributed by atoms with Gasteiger partial charge in [0.05, 0.1) is 6.10 Å². The van der Waals surface area contributed by atoms with Crippen LogP contribution in [0.25, 0.3) is 10.1 Å². The van der Waals surface area contributed by atoms with Crippen LogP contribution in [-0.2, 0) is 4.79 Å². The Morgan fingerprint density at radius 2 is 2.25 bits per heavy atom. The lowest BCUT2D eigenvalue weighted by Gasteiger charge is -2.10. The van der Waals surface area contributed by atoms with E-state index in [1.165, 1.54) is 6.92 Å². The second-order valence-electron chi connectivity index (χ2n) is 3.64. The maximum absolute atomic E-state index is 10.8. The number of carbonyl (C=O) groups excluding carboxylic acids is 1. The van der Waals surface area contributed by atoms with Crippen LogP contribution in [-0.4, -0.2) is 17.6 Å². The molecule has 1 aromatic heterocycles. The number of aliphatic hydroxyl groups is 1. The van der Waals surface area contributed by atoms with E-state index in [2.05, 4.69) is 5.32 Å². The van der Waals surface area contributed by atoms with E-state index in [0.717, 1.165) is 15.6 Å². The van der Waals surface area contributed by atoms with Gasteiger partial charge in [-0.1, -0.05) is 18.2 Å². The Kier molecular flexibility index (Phi) is 3.22. The summed E-state index contributed by atoms with van der Waals surface area (Å²) in [5, 5.41) is 15.6. The minimum absolute atomic E-state index is 0.126. The summed E-state index contributed by atoms with van der Waals surface area (Å²) < 4.78 is 1.15. The summed E-state index contributed by atoms with van der Waals surface area (Å²) in [6.07, 6.45) is -0.639. The number of fused-ring (bicyclic) bond motifs is 1. The molecule has 0 saturated heterocycles. The van der Waals surface area contributed by atoms with Crippen molar-refractivity contribution in [2.24, 2.45) is 0 Å². The molecular formula is C12H13NO2S. The minimum atomic E-state index is -0.639. The summed E-state index contributed by atoms with van der Waals surface area (Å²) in [5.41, 5.74) is 0.884. The quantitative estimate of drug-likeness (QED) is 0.855. The first-order valence-electron chi connectivity index (χ1n) is 5.07. The third-order valence-electron chi connectivity index (χ3n) is 2.41. The molecule has 0 fully saturated rings. The maximum atomic E-state index is 10.8. The van der Waals surface area contributed by atoms with Crippen LogP contribution in [0, 0.1) is 0 Å². The first kappa shape index (κ1) is 11.1. The van der Waals surface area contributed by atoms with Crippen LogP contribution < -0.4 is 5.32 Å². The molecule has 3 nitrogen and oxygen atoms in total. The highest BCUT2D eigenvalue weighted by Crippen LogP contribution is 2.29. The van der Waals surface area contributed by atoms with Gasteiger partial charge in [-0.3, -0.25) is 4.79 Å². The van der Waals surface area contributed by atoms with E-state index >= 15 is 0 Å². The maximum Gasteiger partial charge on any atom is 0.216 e. The molecule has 1 heterocycles. The number of nitrogens with one attached hydrogen (secondary N) is 1. The third kappa shape index (κ3) is 2.23. The standard InChI is InChI=1S/C12H13NO2S/c1-8(14)13-6-11(15)10-7-16-12-5-3-2-4-9(10)12/h2-5,7,11,15H,6H2,1H3,(H,13,14)/t11-/m1/s1. The summed E-state index contributed by atoms with van der Waals surface area (Å²) in [6.45, 7) is 1.70. The number of amides is 1. The van der Waals surface area contributed by atoms with Crippen LogP contribution in [0.4, 0.5) is 0 Å². The fourth-order valence-electron chi connectivity index (χ4n) is 1.61. The Balaban J connectivity index is 2.22. The number of benzene rings is 1. The Hall–Kier alpha value is -1.39. The van der Waals surface area contributed by atoms with Gasteiger partial charge in [0.15, 0.2) is 0 Å². The van der Waals surface area contributed by atoms with Crippen LogP contribution in [0.1, 0.15) is 18.6 Å². The highest BCUT2D eigenvalue weighted by molar-refractivity contribution is 7.17. The predicted octanol–water partition coefficient (Wildman–Crippen LogP) is 2.07. The molecule has 0 unspecified atom stereocenters. The molecule has 0 aliphatic heterocycles. The van der Waals surface area contributed by atoms with E-state index in [9.17, 15) is 9.90 Å². The van der Waals surface area contributed by atoms with Crippen LogP contribution in [0.2, 0.25) is 0 Å². The lowest BCUT2D eigenvalue weighted by molar-refractivity contribution is -0.119. The van der Waals surface area contributed by atoms with Crippen molar-refractivity contribution in [2.45, 2.75) is 13.0 Å². The van der Waals surface area contributed by atoms with Crippen molar-refractivity contribution in [1.29, 1.82) is 0 Å². The van der Waals surface area contributed by atoms with Crippen molar-refractivity contribution in [3.63, 3.8) is 0 Å². The molecule has 16 heavy (non-hydrogen) atoms. The molecule has 1 amide bonds. The molecule has 2 rings (SSSR count). The molecule has 0 radical (unpaired) electrons. The minimum Gasteiger partial charge on any atom is -0.387 e. The first-order valence-corrected chi connectivity index (χ1v) is 5.95. The Bertz CT molecular complexity index is 506. The molecule has 2 N–H and O–H groups in total. The largest absolute Gasteiger partial charge is 0.387 e. The molecular weight excluding hydrogens is 222 g/mol. The summed E-state index contributed by atoms with van der Waals surface area (Å²) in [6, 6.07) is 7.93. The fourth-order valence-corrected chi connectivity index (χ4v) is 2.61. The fraction of sp³-hybridized carbons (Fsp3) is 0.250. The molecule has 1 atom stereocenters. The van der Waals surface area contributed by atoms with E-state index in [1.54, 1.807) is 11.3 Å². The van der Waals surface area contributed by atoms with Crippen LogP contribution in [0.15, 0.2) is 29.6 Å². The first-order chi connectivity index (χ1) is 7.68. The van der Waals surface area contributed by atoms with Crippen molar-refractivity contribution in [3.8, 4) is 0 Å². The Morgan fingerprint density at radius 3 is 3.00 bits per heavy atom. The van der Waals surface area contributed by atoms with E-state index in [0.29, 0.717) is 0 Å². The van der Waals surface area contributed by atoms with Gasteiger partial charge >= 0.3 is 0 Å². The highest BCUT2D eigenvalue weighted by atomic mass is 32.1. The van der Waals surface area contributed by atoms with Crippen LogP contribution in [0.3, 0.4) is 0 Å². The van der Waals surface area contributed by atoms with Gasteiger partial charge in [-0.2, -0.15) is 0 Å². The topological polar surface area (TPSA) is 49.3 Å². The Labute approximate surface area is 97.7 Å². The SMILES string of the molecule is CC(=O)NC[C@@H](O)c1csc2ccccc12. The van der Waals surface area contributed by atoms with E-state index < -0.39 is 6.10 Å². The van der Waals surface area contributed by atoms with Crippen molar-refractivity contribution in [1.82, 2.24) is 5.32 Å². The van der Waals surface area contributed by atoms with Gasteiger partial charge in [0.1, 0.15) is 0 Å². The smallest absolute Gasteiger partial charge is 0.216 e. The zero-order chi connectivity index (χ0) is 11.5. The third-order valence-corrected chi connectivity index (χ3v) is 3.40. The lowest BCUT2D eigenvalue weighted by Crippen LogP contribution is -2.25. The summed E-state index contributed by atoms with van der Waals surface area (Å²) in [7, 11) is 0. The van der Waals surface area contributed by atoms with Gasteiger partial charge < -0.3 is 10.4 Å². The number of rotatable bonds is 3. The van der Waals surface area contributed by atoms with Crippen LogP contribution >= 0.6 is 11.3 Å². The van der Waals surface area contributed by atoms with Crippen LogP contribution in [0.5, 0.6) is 0 Å². The van der Waals surface area contributed by atoms with Gasteiger partial charge in [-0.25, -0.2) is 0 Å². The summed E-state index contributed by atoms with van der Waals surface area (Å²) in [5.74, 6) is -0.126. The Morgan fingerprint density at radius 1 is 1.50 bits per heavy atom. The summed E-state index contributed by atoms with van der Waals surface area (Å²) in [4.78, 5) is 10.8. The molecule has 0 aliphatic carbocycles.